The third-order valence-electron chi connectivity index (χ3n) is 4.09. The first-order valence-corrected chi connectivity index (χ1v) is 8.48. The number of benzene rings is 3. The van der Waals surface area contributed by atoms with Crippen LogP contribution in [0, 0.1) is 17.1 Å². The Labute approximate surface area is 161 Å². The van der Waals surface area contributed by atoms with Crippen molar-refractivity contribution in [3.8, 4) is 11.8 Å². The minimum absolute atomic E-state index is 0.157. The van der Waals surface area contributed by atoms with Gasteiger partial charge >= 0.3 is 5.97 Å². The molecule has 3 rings (SSSR count). The van der Waals surface area contributed by atoms with E-state index in [-0.39, 0.29) is 18.0 Å². The molecule has 0 aromatic heterocycles. The Morgan fingerprint density at radius 2 is 1.64 bits per heavy atom. The van der Waals surface area contributed by atoms with Crippen LogP contribution in [-0.2, 0) is 6.61 Å². The second-order valence-electron chi connectivity index (χ2n) is 6.01. The van der Waals surface area contributed by atoms with Gasteiger partial charge in [0.05, 0.1) is 17.2 Å². The van der Waals surface area contributed by atoms with E-state index in [1.54, 1.807) is 36.4 Å². The number of carboxylic acid groups (broad SMARTS) is 1. The molecular weight excluding hydrogens is 357 g/mol. The first kappa shape index (κ1) is 18.9. The number of rotatable bonds is 6. The summed E-state index contributed by atoms with van der Waals surface area (Å²) in [7, 11) is 0. The standard InChI is InChI=1S/C23H16FNO3/c24-21-11-5-16(6-12-21)15-28-22-4-2-1-3-19(22)13-20(14-25)17-7-9-18(10-8-17)23(26)27/h1-13H,15H2,(H,26,27)/b20-13-. The Bertz CT molecular complexity index is 1050. The summed E-state index contributed by atoms with van der Waals surface area (Å²) in [5.41, 5.74) is 2.69. The number of aromatic carboxylic acids is 1. The zero-order chi connectivity index (χ0) is 19.9. The maximum Gasteiger partial charge on any atom is 0.335 e. The van der Waals surface area contributed by atoms with Crippen LogP contribution in [0.15, 0.2) is 72.8 Å². The quantitative estimate of drug-likeness (QED) is 0.478. The van der Waals surface area contributed by atoms with Crippen LogP contribution in [0.3, 0.4) is 0 Å². The summed E-state index contributed by atoms with van der Waals surface area (Å²) in [6.45, 7) is 0.264. The predicted molar refractivity (Wildman–Crippen MR) is 104 cm³/mol. The molecule has 0 aliphatic carbocycles. The lowest BCUT2D eigenvalue weighted by molar-refractivity contribution is 0.0697. The highest BCUT2D eigenvalue weighted by Crippen LogP contribution is 2.25. The summed E-state index contributed by atoms with van der Waals surface area (Å²) >= 11 is 0. The lowest BCUT2D eigenvalue weighted by atomic mass is 10.0. The maximum absolute atomic E-state index is 13.0. The van der Waals surface area contributed by atoms with Gasteiger partial charge in [0.15, 0.2) is 0 Å². The van der Waals surface area contributed by atoms with Gasteiger partial charge in [0.25, 0.3) is 0 Å². The first-order valence-electron chi connectivity index (χ1n) is 8.48. The summed E-state index contributed by atoms with van der Waals surface area (Å²) in [5.74, 6) is -0.741. The van der Waals surface area contributed by atoms with Crippen molar-refractivity contribution in [3.63, 3.8) is 0 Å². The molecule has 4 nitrogen and oxygen atoms in total. The van der Waals surface area contributed by atoms with Crippen LogP contribution >= 0.6 is 0 Å². The molecule has 0 bridgehead atoms. The monoisotopic (exact) mass is 373 g/mol. The van der Waals surface area contributed by atoms with Crippen LogP contribution in [-0.4, -0.2) is 11.1 Å². The molecule has 0 aliphatic rings. The summed E-state index contributed by atoms with van der Waals surface area (Å²) in [6, 6.07) is 21.6. The number of hydrogen-bond acceptors (Lipinski definition) is 3. The molecule has 0 radical (unpaired) electrons. The van der Waals surface area contributed by atoms with E-state index in [4.69, 9.17) is 9.84 Å². The molecule has 0 amide bonds. The van der Waals surface area contributed by atoms with E-state index in [0.717, 1.165) is 5.56 Å². The molecule has 0 spiro atoms. The number of carboxylic acids is 1. The van der Waals surface area contributed by atoms with E-state index in [2.05, 4.69) is 6.07 Å². The number of nitrogens with zero attached hydrogens (tertiary/aromatic N) is 1. The lowest BCUT2D eigenvalue weighted by Gasteiger charge is -2.10. The molecule has 0 saturated carbocycles. The zero-order valence-electron chi connectivity index (χ0n) is 14.8. The highest BCUT2D eigenvalue weighted by atomic mass is 19.1. The number of para-hydroxylation sites is 1. The third-order valence-corrected chi connectivity index (χ3v) is 4.09. The highest BCUT2D eigenvalue weighted by Gasteiger charge is 2.08. The van der Waals surface area contributed by atoms with Gasteiger partial charge in [-0.05, 0) is 47.5 Å². The maximum atomic E-state index is 13.0. The number of halogens is 1. The Balaban J connectivity index is 1.84. The molecule has 28 heavy (non-hydrogen) atoms. The third kappa shape index (κ3) is 4.63. The molecule has 0 aliphatic heterocycles. The fraction of sp³-hybridized carbons (Fsp3) is 0.0435. The number of ether oxygens (including phenoxy) is 1. The van der Waals surface area contributed by atoms with Crippen molar-refractivity contribution in [2.75, 3.05) is 0 Å². The second-order valence-corrected chi connectivity index (χ2v) is 6.01. The smallest absolute Gasteiger partial charge is 0.335 e. The molecule has 0 atom stereocenters. The Hall–Kier alpha value is -3.91. The van der Waals surface area contributed by atoms with Crippen LogP contribution in [0.4, 0.5) is 4.39 Å². The van der Waals surface area contributed by atoms with Gasteiger partial charge in [-0.3, -0.25) is 0 Å². The van der Waals surface area contributed by atoms with E-state index in [0.29, 0.717) is 22.4 Å². The van der Waals surface area contributed by atoms with Crippen LogP contribution in [0.2, 0.25) is 0 Å². The molecule has 138 valence electrons. The van der Waals surface area contributed by atoms with E-state index in [1.807, 2.05) is 18.2 Å². The van der Waals surface area contributed by atoms with Crippen molar-refractivity contribution >= 4 is 17.6 Å². The van der Waals surface area contributed by atoms with Gasteiger partial charge in [0, 0.05) is 5.56 Å². The van der Waals surface area contributed by atoms with Crippen molar-refractivity contribution in [3.05, 3.63) is 101 Å². The van der Waals surface area contributed by atoms with Crippen LogP contribution in [0.5, 0.6) is 5.75 Å². The van der Waals surface area contributed by atoms with Crippen LogP contribution < -0.4 is 4.74 Å². The van der Waals surface area contributed by atoms with Gasteiger partial charge in [-0.15, -0.1) is 0 Å². The van der Waals surface area contributed by atoms with Crippen molar-refractivity contribution in [2.45, 2.75) is 6.61 Å². The molecule has 3 aromatic rings. The van der Waals surface area contributed by atoms with Gasteiger partial charge in [-0.2, -0.15) is 5.26 Å². The van der Waals surface area contributed by atoms with E-state index < -0.39 is 5.97 Å². The summed E-state index contributed by atoms with van der Waals surface area (Å²) in [6.07, 6.45) is 1.69. The summed E-state index contributed by atoms with van der Waals surface area (Å²) in [5, 5.41) is 18.5. The molecule has 5 heteroatoms. The van der Waals surface area contributed by atoms with Crippen molar-refractivity contribution in [1.82, 2.24) is 0 Å². The number of nitriles is 1. The van der Waals surface area contributed by atoms with Gasteiger partial charge in [-0.25, -0.2) is 9.18 Å². The van der Waals surface area contributed by atoms with Crippen LogP contribution in [0.25, 0.3) is 11.6 Å². The second kappa shape index (κ2) is 8.65. The number of allylic oxidation sites excluding steroid dienone is 1. The van der Waals surface area contributed by atoms with E-state index >= 15 is 0 Å². The Morgan fingerprint density at radius 1 is 1.00 bits per heavy atom. The average Bonchev–Trinajstić information content (AvgIpc) is 2.72. The Morgan fingerprint density at radius 3 is 2.29 bits per heavy atom. The molecule has 0 heterocycles. The minimum atomic E-state index is -1.02. The topological polar surface area (TPSA) is 70.3 Å². The normalized spacial score (nSPS) is 10.9. The van der Waals surface area contributed by atoms with Crippen molar-refractivity contribution < 1.29 is 19.0 Å². The molecule has 0 unspecified atom stereocenters. The number of carbonyl (C=O) groups is 1. The first-order chi connectivity index (χ1) is 13.6. The lowest BCUT2D eigenvalue weighted by Crippen LogP contribution is -1.97. The Kier molecular flexibility index (Phi) is 5.83. The van der Waals surface area contributed by atoms with Gasteiger partial charge in [-0.1, -0.05) is 42.5 Å². The van der Waals surface area contributed by atoms with E-state index in [1.165, 1.54) is 24.3 Å². The zero-order valence-corrected chi connectivity index (χ0v) is 14.8. The average molecular weight is 373 g/mol. The molecular formula is C23H16FNO3. The minimum Gasteiger partial charge on any atom is -0.488 e. The fourth-order valence-corrected chi connectivity index (χ4v) is 2.60. The van der Waals surface area contributed by atoms with Crippen LogP contribution in [0.1, 0.15) is 27.0 Å². The van der Waals surface area contributed by atoms with Gasteiger partial charge in [0.1, 0.15) is 18.2 Å². The molecule has 0 fully saturated rings. The molecule has 3 aromatic carbocycles. The molecule has 1 N–H and O–H groups in total. The number of hydrogen-bond donors (Lipinski definition) is 1. The van der Waals surface area contributed by atoms with Gasteiger partial charge in [0.2, 0.25) is 0 Å². The fourth-order valence-electron chi connectivity index (χ4n) is 2.60. The summed E-state index contributed by atoms with van der Waals surface area (Å²) in [4.78, 5) is 11.0. The highest BCUT2D eigenvalue weighted by molar-refractivity contribution is 5.92. The largest absolute Gasteiger partial charge is 0.488 e. The summed E-state index contributed by atoms with van der Waals surface area (Å²) < 4.78 is 18.9. The predicted octanol–water partition coefficient (Wildman–Crippen LogP) is 5.17. The van der Waals surface area contributed by atoms with Crippen molar-refractivity contribution in [1.29, 1.82) is 5.26 Å². The molecule has 0 saturated heterocycles. The van der Waals surface area contributed by atoms with E-state index in [9.17, 15) is 14.4 Å². The van der Waals surface area contributed by atoms with Crippen molar-refractivity contribution in [2.24, 2.45) is 0 Å². The SMILES string of the molecule is N#C/C(=C/c1ccccc1OCc1ccc(F)cc1)c1ccc(C(=O)O)cc1. The van der Waals surface area contributed by atoms with Gasteiger partial charge < -0.3 is 9.84 Å².